The molecular weight excluding hydrogens is 360 g/mol. The Balaban J connectivity index is 6.33. The first kappa shape index (κ1) is 27.4. The molecule has 0 N–H and O–H groups in total. The van der Waals surface area contributed by atoms with Gasteiger partial charge in [-0.15, -0.1) is 0 Å². The summed E-state index contributed by atoms with van der Waals surface area (Å²) >= 11 is 0. The zero-order valence-electron chi connectivity index (χ0n) is 21.1. The molecule has 0 aromatic heterocycles. The molecule has 27 heavy (non-hydrogen) atoms. The molecule has 0 aliphatic rings. The zero-order valence-corrected chi connectivity index (χ0v) is 23.1. The van der Waals surface area contributed by atoms with Gasteiger partial charge in [0.05, 0.1) is 0 Å². The zero-order chi connectivity index (χ0) is 21.4. The van der Waals surface area contributed by atoms with Crippen LogP contribution in [0.1, 0.15) is 95.9 Å². The Kier molecular flexibility index (Phi) is 12.3. The van der Waals surface area contributed by atoms with Crippen molar-refractivity contribution in [1.29, 1.82) is 0 Å². The molecular formula is C24H54OSi2. The summed E-state index contributed by atoms with van der Waals surface area (Å²) in [6.45, 7) is 29.2. The third-order valence-corrected chi connectivity index (χ3v) is 20.1. The van der Waals surface area contributed by atoms with Crippen LogP contribution in [0.3, 0.4) is 0 Å². The lowest BCUT2D eigenvalue weighted by Crippen LogP contribution is -2.57. The van der Waals surface area contributed by atoms with E-state index in [0.29, 0.717) is 0 Å². The molecule has 0 saturated carbocycles. The highest BCUT2D eigenvalue weighted by Crippen LogP contribution is 2.47. The summed E-state index contributed by atoms with van der Waals surface area (Å²) in [6.07, 6.45) is 2.56. The number of rotatable bonds is 14. The van der Waals surface area contributed by atoms with Crippen molar-refractivity contribution in [3.63, 3.8) is 0 Å². The van der Waals surface area contributed by atoms with Crippen LogP contribution in [0.4, 0.5) is 0 Å². The number of hydrogen-bond donors (Lipinski definition) is 0. The van der Waals surface area contributed by atoms with Crippen LogP contribution in [0.5, 0.6) is 0 Å². The van der Waals surface area contributed by atoms with Gasteiger partial charge in [0.1, 0.15) is 0 Å². The van der Waals surface area contributed by atoms with E-state index in [4.69, 9.17) is 4.12 Å². The lowest BCUT2D eigenvalue weighted by atomic mass is 10.3. The first-order valence-electron chi connectivity index (χ1n) is 12.0. The van der Waals surface area contributed by atoms with Crippen LogP contribution in [0.25, 0.3) is 0 Å². The Morgan fingerprint density at radius 1 is 0.481 bits per heavy atom. The summed E-state index contributed by atoms with van der Waals surface area (Å²) < 4.78 is 7.85. The van der Waals surface area contributed by atoms with Crippen molar-refractivity contribution in [2.75, 3.05) is 0 Å². The van der Waals surface area contributed by atoms with Gasteiger partial charge in [0, 0.05) is 0 Å². The quantitative estimate of drug-likeness (QED) is 0.257. The van der Waals surface area contributed by atoms with Crippen molar-refractivity contribution in [2.24, 2.45) is 23.7 Å². The van der Waals surface area contributed by atoms with E-state index >= 15 is 0 Å². The van der Waals surface area contributed by atoms with E-state index in [1.807, 2.05) is 0 Å². The highest BCUT2D eigenvalue weighted by atomic mass is 28.4. The molecule has 0 rings (SSSR count). The van der Waals surface area contributed by atoms with Crippen molar-refractivity contribution in [2.45, 2.75) is 131 Å². The fourth-order valence-corrected chi connectivity index (χ4v) is 20.4. The predicted octanol–water partition coefficient (Wildman–Crippen LogP) is 9.12. The fraction of sp³-hybridized carbons (Fsp3) is 1.00. The minimum absolute atomic E-state index is 0.742. The Morgan fingerprint density at radius 2 is 0.704 bits per heavy atom. The molecule has 0 amide bonds. The van der Waals surface area contributed by atoms with E-state index < -0.39 is 16.6 Å². The molecule has 0 aromatic carbocycles. The minimum atomic E-state index is -1.81. The molecule has 2 atom stereocenters. The van der Waals surface area contributed by atoms with Crippen LogP contribution in [0.15, 0.2) is 0 Å². The van der Waals surface area contributed by atoms with Crippen LogP contribution in [-0.4, -0.2) is 16.6 Å². The second kappa shape index (κ2) is 12.2. The van der Waals surface area contributed by atoms with Crippen LogP contribution < -0.4 is 0 Å². The Labute approximate surface area is 175 Å². The van der Waals surface area contributed by atoms with Gasteiger partial charge >= 0.3 is 0 Å². The van der Waals surface area contributed by atoms with E-state index in [9.17, 15) is 0 Å². The van der Waals surface area contributed by atoms with E-state index in [2.05, 4.69) is 83.1 Å². The van der Waals surface area contributed by atoms with E-state index in [1.54, 1.807) is 0 Å². The third-order valence-electron chi connectivity index (χ3n) is 6.44. The fourth-order valence-electron chi connectivity index (χ4n) is 5.25. The Bertz CT molecular complexity index is 334. The monoisotopic (exact) mass is 414 g/mol. The van der Waals surface area contributed by atoms with Crippen molar-refractivity contribution in [3.8, 4) is 0 Å². The van der Waals surface area contributed by atoms with Crippen molar-refractivity contribution in [3.05, 3.63) is 0 Å². The van der Waals surface area contributed by atoms with Crippen LogP contribution in [0, 0.1) is 23.7 Å². The van der Waals surface area contributed by atoms with E-state index in [1.165, 1.54) is 37.0 Å². The van der Waals surface area contributed by atoms with Gasteiger partial charge in [0.15, 0.2) is 16.6 Å². The van der Waals surface area contributed by atoms with Gasteiger partial charge in [-0.25, -0.2) is 0 Å². The smallest absolute Gasteiger partial charge is 0.183 e. The standard InChI is InChI=1S/C24H54OSi2/c1-13-23(11)26(15-19(3)4,16-20(5)6)25-27(17-21(7)8,18-22(9)10)24(12)14-2/h19-24H,13-18H2,1-12H3. The Hall–Kier alpha value is 0.394. The summed E-state index contributed by atoms with van der Waals surface area (Å²) in [5.74, 6) is 2.97. The van der Waals surface area contributed by atoms with Gasteiger partial charge in [0.25, 0.3) is 0 Å². The average Bonchev–Trinajstić information content (AvgIpc) is 2.50. The molecule has 0 aromatic rings. The summed E-state index contributed by atoms with van der Waals surface area (Å²) in [5.41, 5.74) is 1.52. The summed E-state index contributed by atoms with van der Waals surface area (Å²) in [4.78, 5) is 0. The van der Waals surface area contributed by atoms with E-state index in [-0.39, 0.29) is 0 Å². The second-order valence-corrected chi connectivity index (χ2v) is 19.9. The molecule has 2 unspecified atom stereocenters. The van der Waals surface area contributed by atoms with E-state index in [0.717, 1.165) is 34.8 Å². The van der Waals surface area contributed by atoms with Gasteiger partial charge < -0.3 is 4.12 Å². The molecule has 0 bridgehead atoms. The minimum Gasteiger partial charge on any atom is -0.454 e. The normalized spacial score (nSPS) is 16.0. The lowest BCUT2D eigenvalue weighted by Gasteiger charge is -2.50. The molecule has 0 aliphatic heterocycles. The number of hydrogen-bond acceptors (Lipinski definition) is 1. The first-order valence-corrected chi connectivity index (χ1v) is 16.8. The van der Waals surface area contributed by atoms with Crippen molar-refractivity contribution < 1.29 is 4.12 Å². The average molecular weight is 415 g/mol. The highest BCUT2D eigenvalue weighted by molar-refractivity contribution is 6.88. The maximum absolute atomic E-state index is 7.85. The highest BCUT2D eigenvalue weighted by Gasteiger charge is 2.50. The maximum atomic E-state index is 7.85. The van der Waals surface area contributed by atoms with Crippen LogP contribution >= 0.6 is 0 Å². The predicted molar refractivity (Wildman–Crippen MR) is 131 cm³/mol. The molecule has 0 saturated heterocycles. The molecule has 0 spiro atoms. The molecule has 0 radical (unpaired) electrons. The van der Waals surface area contributed by atoms with Crippen LogP contribution in [-0.2, 0) is 4.12 Å². The molecule has 0 heterocycles. The van der Waals surface area contributed by atoms with Gasteiger partial charge in [-0.1, -0.05) is 95.9 Å². The molecule has 0 fully saturated rings. The second-order valence-electron chi connectivity index (χ2n) is 11.2. The lowest BCUT2D eigenvalue weighted by molar-refractivity contribution is 0.417. The maximum Gasteiger partial charge on any atom is 0.183 e. The van der Waals surface area contributed by atoms with Gasteiger partial charge in [-0.3, -0.25) is 0 Å². The van der Waals surface area contributed by atoms with Crippen molar-refractivity contribution >= 4 is 16.6 Å². The largest absolute Gasteiger partial charge is 0.454 e. The third kappa shape index (κ3) is 8.74. The summed E-state index contributed by atoms with van der Waals surface area (Å²) in [7, 11) is -3.62. The van der Waals surface area contributed by atoms with Gasteiger partial charge in [-0.2, -0.15) is 0 Å². The molecule has 3 heteroatoms. The topological polar surface area (TPSA) is 9.23 Å². The van der Waals surface area contributed by atoms with Crippen molar-refractivity contribution in [1.82, 2.24) is 0 Å². The SMILES string of the molecule is CCC(C)[Si](CC(C)C)(CC(C)C)O[Si](CC(C)C)(CC(C)C)C(C)CC. The van der Waals surface area contributed by atoms with Crippen LogP contribution in [0.2, 0.25) is 35.3 Å². The summed E-state index contributed by atoms with van der Waals surface area (Å²) in [6, 6.07) is 5.40. The molecule has 164 valence electrons. The Morgan fingerprint density at radius 3 is 0.852 bits per heavy atom. The summed E-state index contributed by atoms with van der Waals surface area (Å²) in [5, 5.41) is 0. The van der Waals surface area contributed by atoms with Gasteiger partial charge in [0.2, 0.25) is 0 Å². The first-order chi connectivity index (χ1) is 12.3. The molecule has 1 nitrogen and oxygen atoms in total. The van der Waals surface area contributed by atoms with Gasteiger partial charge in [-0.05, 0) is 58.9 Å². The molecule has 0 aliphatic carbocycles.